The standard InChI is InChI=1S/C18H15ClN2OS/c1-12-6-8-13(9-7-12)16-11-23-18(20-16)21(2)17(22)14-4-3-5-15(19)10-14/h3-11H,1-2H3. The molecule has 0 aliphatic rings. The lowest BCUT2D eigenvalue weighted by atomic mass is 10.1. The monoisotopic (exact) mass is 342 g/mol. The van der Waals surface area contributed by atoms with Gasteiger partial charge in [-0.15, -0.1) is 11.3 Å². The molecule has 1 aromatic heterocycles. The van der Waals surface area contributed by atoms with Crippen LogP contribution in [-0.4, -0.2) is 17.9 Å². The van der Waals surface area contributed by atoms with Crippen molar-refractivity contribution in [3.05, 3.63) is 70.1 Å². The number of rotatable bonds is 3. The average molecular weight is 343 g/mol. The summed E-state index contributed by atoms with van der Waals surface area (Å²) in [5.41, 5.74) is 3.67. The highest BCUT2D eigenvalue weighted by molar-refractivity contribution is 7.14. The maximum atomic E-state index is 12.5. The second-order valence-electron chi connectivity index (χ2n) is 5.26. The van der Waals surface area contributed by atoms with Gasteiger partial charge in [0.1, 0.15) is 0 Å². The second kappa shape index (κ2) is 6.52. The number of anilines is 1. The van der Waals surface area contributed by atoms with Crippen LogP contribution in [0.25, 0.3) is 11.3 Å². The Morgan fingerprint density at radius 1 is 1.17 bits per heavy atom. The lowest BCUT2D eigenvalue weighted by molar-refractivity contribution is 0.0993. The minimum atomic E-state index is -0.127. The summed E-state index contributed by atoms with van der Waals surface area (Å²) in [5, 5.41) is 3.16. The molecule has 2 aromatic carbocycles. The topological polar surface area (TPSA) is 33.2 Å². The fourth-order valence-electron chi connectivity index (χ4n) is 2.18. The third-order valence-electron chi connectivity index (χ3n) is 3.50. The zero-order valence-electron chi connectivity index (χ0n) is 12.8. The quantitative estimate of drug-likeness (QED) is 0.667. The Balaban J connectivity index is 1.84. The van der Waals surface area contributed by atoms with Crippen molar-refractivity contribution >= 4 is 34.0 Å². The Hall–Kier alpha value is -2.17. The van der Waals surface area contributed by atoms with Crippen molar-refractivity contribution in [1.29, 1.82) is 0 Å². The Morgan fingerprint density at radius 3 is 2.61 bits per heavy atom. The summed E-state index contributed by atoms with van der Waals surface area (Å²) < 4.78 is 0. The number of carbonyl (C=O) groups excluding carboxylic acids is 1. The van der Waals surface area contributed by atoms with Crippen LogP contribution in [0.5, 0.6) is 0 Å². The molecule has 1 heterocycles. The first-order valence-electron chi connectivity index (χ1n) is 7.11. The van der Waals surface area contributed by atoms with Gasteiger partial charge in [0.25, 0.3) is 5.91 Å². The first-order chi connectivity index (χ1) is 11.0. The van der Waals surface area contributed by atoms with Gasteiger partial charge in [0.2, 0.25) is 0 Å². The molecule has 0 atom stereocenters. The van der Waals surface area contributed by atoms with E-state index < -0.39 is 0 Å². The molecule has 0 spiro atoms. The molecule has 0 unspecified atom stereocenters. The lowest BCUT2D eigenvalue weighted by Gasteiger charge is -2.13. The predicted octanol–water partition coefficient (Wildman–Crippen LogP) is 5.05. The molecule has 0 aliphatic heterocycles. The molecule has 23 heavy (non-hydrogen) atoms. The van der Waals surface area contributed by atoms with Crippen LogP contribution in [0.1, 0.15) is 15.9 Å². The average Bonchev–Trinajstić information content (AvgIpc) is 3.04. The van der Waals surface area contributed by atoms with Crippen LogP contribution in [0.3, 0.4) is 0 Å². The largest absolute Gasteiger partial charge is 0.287 e. The molecule has 0 N–H and O–H groups in total. The number of carbonyl (C=O) groups is 1. The number of hydrogen-bond donors (Lipinski definition) is 0. The van der Waals surface area contributed by atoms with Crippen LogP contribution in [0.2, 0.25) is 5.02 Å². The highest BCUT2D eigenvalue weighted by Crippen LogP contribution is 2.28. The number of nitrogens with zero attached hydrogens (tertiary/aromatic N) is 2. The maximum absolute atomic E-state index is 12.5. The van der Waals surface area contributed by atoms with Crippen LogP contribution in [0, 0.1) is 6.92 Å². The molecule has 116 valence electrons. The van der Waals surface area contributed by atoms with E-state index in [9.17, 15) is 4.79 Å². The smallest absolute Gasteiger partial charge is 0.259 e. The van der Waals surface area contributed by atoms with Gasteiger partial charge in [0.15, 0.2) is 5.13 Å². The minimum absolute atomic E-state index is 0.127. The molecule has 0 bridgehead atoms. The van der Waals surface area contributed by atoms with Crippen LogP contribution >= 0.6 is 22.9 Å². The number of aryl methyl sites for hydroxylation is 1. The summed E-state index contributed by atoms with van der Waals surface area (Å²) in [4.78, 5) is 18.6. The van der Waals surface area contributed by atoms with Gasteiger partial charge in [-0.1, -0.05) is 47.5 Å². The molecule has 3 aromatic rings. The number of benzene rings is 2. The zero-order valence-corrected chi connectivity index (χ0v) is 14.4. The predicted molar refractivity (Wildman–Crippen MR) is 96.5 cm³/mol. The molecule has 0 saturated heterocycles. The van der Waals surface area contributed by atoms with E-state index in [1.54, 1.807) is 36.2 Å². The first kappa shape index (κ1) is 15.7. The van der Waals surface area contributed by atoms with Crippen LogP contribution in [0.15, 0.2) is 53.9 Å². The Labute approximate surface area is 144 Å². The van der Waals surface area contributed by atoms with Gasteiger partial charge in [-0.2, -0.15) is 0 Å². The Kier molecular flexibility index (Phi) is 4.46. The van der Waals surface area contributed by atoms with E-state index in [0.717, 1.165) is 11.3 Å². The molecule has 1 amide bonds. The highest BCUT2D eigenvalue weighted by Gasteiger charge is 2.17. The van der Waals surface area contributed by atoms with Crippen molar-refractivity contribution in [2.24, 2.45) is 0 Å². The Morgan fingerprint density at radius 2 is 1.91 bits per heavy atom. The van der Waals surface area contributed by atoms with E-state index in [2.05, 4.69) is 17.1 Å². The molecule has 0 fully saturated rings. The molecule has 3 rings (SSSR count). The maximum Gasteiger partial charge on any atom is 0.259 e. The molecule has 0 radical (unpaired) electrons. The molecule has 0 saturated carbocycles. The lowest BCUT2D eigenvalue weighted by Crippen LogP contribution is -2.26. The molecular weight excluding hydrogens is 328 g/mol. The van der Waals surface area contributed by atoms with Crippen molar-refractivity contribution in [3.8, 4) is 11.3 Å². The van der Waals surface area contributed by atoms with Gasteiger partial charge >= 0.3 is 0 Å². The molecule has 0 aliphatic carbocycles. The van der Waals surface area contributed by atoms with Crippen molar-refractivity contribution in [3.63, 3.8) is 0 Å². The first-order valence-corrected chi connectivity index (χ1v) is 8.36. The van der Waals surface area contributed by atoms with Crippen LogP contribution < -0.4 is 4.90 Å². The van der Waals surface area contributed by atoms with E-state index in [4.69, 9.17) is 11.6 Å². The van der Waals surface area contributed by atoms with Gasteiger partial charge in [-0.3, -0.25) is 9.69 Å². The van der Waals surface area contributed by atoms with Crippen molar-refractivity contribution in [2.75, 3.05) is 11.9 Å². The molecule has 3 nitrogen and oxygen atoms in total. The van der Waals surface area contributed by atoms with Gasteiger partial charge in [-0.25, -0.2) is 4.98 Å². The van der Waals surface area contributed by atoms with E-state index in [0.29, 0.717) is 15.7 Å². The summed E-state index contributed by atoms with van der Waals surface area (Å²) in [7, 11) is 1.72. The number of halogens is 1. The van der Waals surface area contributed by atoms with Crippen LogP contribution in [-0.2, 0) is 0 Å². The van der Waals surface area contributed by atoms with E-state index in [-0.39, 0.29) is 5.91 Å². The van der Waals surface area contributed by atoms with Gasteiger partial charge < -0.3 is 0 Å². The third-order valence-corrected chi connectivity index (χ3v) is 4.65. The van der Waals surface area contributed by atoms with Gasteiger partial charge in [-0.05, 0) is 25.1 Å². The number of thiazole rings is 1. The zero-order chi connectivity index (χ0) is 16.4. The minimum Gasteiger partial charge on any atom is -0.287 e. The van der Waals surface area contributed by atoms with Crippen molar-refractivity contribution in [1.82, 2.24) is 4.98 Å². The summed E-state index contributed by atoms with van der Waals surface area (Å²) >= 11 is 7.40. The van der Waals surface area contributed by atoms with Crippen molar-refractivity contribution in [2.45, 2.75) is 6.92 Å². The third kappa shape index (κ3) is 3.44. The van der Waals surface area contributed by atoms with Gasteiger partial charge in [0, 0.05) is 28.6 Å². The molecule has 5 heteroatoms. The van der Waals surface area contributed by atoms with E-state index in [1.165, 1.54) is 16.9 Å². The van der Waals surface area contributed by atoms with E-state index >= 15 is 0 Å². The van der Waals surface area contributed by atoms with Crippen molar-refractivity contribution < 1.29 is 4.79 Å². The van der Waals surface area contributed by atoms with Gasteiger partial charge in [0.05, 0.1) is 5.69 Å². The summed E-state index contributed by atoms with van der Waals surface area (Å²) in [6.07, 6.45) is 0. The fourth-order valence-corrected chi connectivity index (χ4v) is 3.17. The summed E-state index contributed by atoms with van der Waals surface area (Å²) in [6, 6.07) is 15.1. The highest BCUT2D eigenvalue weighted by atomic mass is 35.5. The second-order valence-corrected chi connectivity index (χ2v) is 6.53. The van der Waals surface area contributed by atoms with E-state index in [1.807, 2.05) is 24.4 Å². The summed E-state index contributed by atoms with van der Waals surface area (Å²) in [6.45, 7) is 2.05. The van der Waals surface area contributed by atoms with Crippen LogP contribution in [0.4, 0.5) is 5.13 Å². The summed E-state index contributed by atoms with van der Waals surface area (Å²) in [5.74, 6) is -0.127. The Bertz CT molecular complexity index is 842. The fraction of sp³-hybridized carbons (Fsp3) is 0.111. The number of aromatic nitrogens is 1. The SMILES string of the molecule is Cc1ccc(-c2csc(N(C)C(=O)c3cccc(Cl)c3)n2)cc1. The number of hydrogen-bond acceptors (Lipinski definition) is 3. The molecular formula is C18H15ClN2OS. The number of amides is 1. The normalized spacial score (nSPS) is 10.6.